The van der Waals surface area contributed by atoms with Crippen LogP contribution >= 0.6 is 11.6 Å². The Morgan fingerprint density at radius 3 is 2.78 bits per heavy atom. The van der Waals surface area contributed by atoms with Crippen LogP contribution in [-0.4, -0.2) is 27.3 Å². The lowest BCUT2D eigenvalue weighted by Gasteiger charge is -2.37. The molecule has 0 radical (unpaired) electrons. The fourth-order valence-electron chi connectivity index (χ4n) is 3.81. The van der Waals surface area contributed by atoms with Crippen LogP contribution in [0.15, 0.2) is 0 Å². The molecule has 2 fully saturated rings. The summed E-state index contributed by atoms with van der Waals surface area (Å²) >= 11 is 6.35. The summed E-state index contributed by atoms with van der Waals surface area (Å²) in [5.74, 6) is 0.939. The van der Waals surface area contributed by atoms with Gasteiger partial charge in [-0.3, -0.25) is 9.58 Å². The molecule has 3 nitrogen and oxygen atoms in total. The second kappa shape index (κ2) is 4.86. The smallest absolute Gasteiger partial charge is 0.131 e. The fourth-order valence-corrected chi connectivity index (χ4v) is 4.04. The summed E-state index contributed by atoms with van der Waals surface area (Å²) in [5, 5.41) is 5.23. The first kappa shape index (κ1) is 12.5. The second-order valence-corrected chi connectivity index (χ2v) is 6.21. The highest BCUT2D eigenvalue weighted by Gasteiger charge is 2.35. The molecule has 1 aliphatic heterocycles. The molecular formula is C14H22ClN3. The molecule has 0 spiro atoms. The van der Waals surface area contributed by atoms with E-state index in [4.69, 9.17) is 11.6 Å². The standard InChI is InChI=1S/C14H22ClN3/c1-10-12(14(15)17(2)16-10)9-18-8-4-6-11-5-3-7-13(11)18/h11,13H,3-9H2,1-2H3. The lowest BCUT2D eigenvalue weighted by Crippen LogP contribution is -2.42. The van der Waals surface area contributed by atoms with Gasteiger partial charge in [-0.25, -0.2) is 0 Å². The van der Waals surface area contributed by atoms with E-state index in [1.807, 2.05) is 7.05 Å². The van der Waals surface area contributed by atoms with E-state index in [0.29, 0.717) is 0 Å². The van der Waals surface area contributed by atoms with Crippen LogP contribution in [0.2, 0.25) is 5.15 Å². The van der Waals surface area contributed by atoms with Crippen molar-refractivity contribution < 1.29 is 0 Å². The van der Waals surface area contributed by atoms with Crippen LogP contribution < -0.4 is 0 Å². The summed E-state index contributed by atoms with van der Waals surface area (Å²) in [6, 6.07) is 0.800. The molecule has 2 unspecified atom stereocenters. The summed E-state index contributed by atoms with van der Waals surface area (Å²) in [6.07, 6.45) is 6.99. The number of likely N-dealkylation sites (tertiary alicyclic amines) is 1. The van der Waals surface area contributed by atoms with Crippen molar-refractivity contribution in [1.29, 1.82) is 0 Å². The van der Waals surface area contributed by atoms with Crippen LogP contribution in [0.3, 0.4) is 0 Å². The maximum Gasteiger partial charge on any atom is 0.131 e. The van der Waals surface area contributed by atoms with Gasteiger partial charge in [-0.1, -0.05) is 18.0 Å². The number of rotatable bonds is 2. The zero-order valence-corrected chi connectivity index (χ0v) is 12.1. The van der Waals surface area contributed by atoms with Gasteiger partial charge in [-0.05, 0) is 45.1 Å². The Kier molecular flexibility index (Phi) is 3.37. The van der Waals surface area contributed by atoms with E-state index < -0.39 is 0 Å². The van der Waals surface area contributed by atoms with Crippen molar-refractivity contribution in [3.05, 3.63) is 16.4 Å². The highest BCUT2D eigenvalue weighted by atomic mass is 35.5. The Bertz CT molecular complexity index is 440. The molecule has 1 saturated carbocycles. The number of hydrogen-bond donors (Lipinski definition) is 0. The van der Waals surface area contributed by atoms with Crippen molar-refractivity contribution in [2.24, 2.45) is 13.0 Å². The Labute approximate surface area is 114 Å². The van der Waals surface area contributed by atoms with Crippen LogP contribution in [0, 0.1) is 12.8 Å². The van der Waals surface area contributed by atoms with Gasteiger partial charge < -0.3 is 0 Å². The molecule has 2 heterocycles. The van der Waals surface area contributed by atoms with E-state index in [1.165, 1.54) is 44.2 Å². The molecule has 0 aromatic carbocycles. The van der Waals surface area contributed by atoms with Crippen molar-refractivity contribution in [3.8, 4) is 0 Å². The van der Waals surface area contributed by atoms with Gasteiger partial charge in [0.05, 0.1) is 5.69 Å². The van der Waals surface area contributed by atoms with Gasteiger partial charge in [0.25, 0.3) is 0 Å². The zero-order valence-electron chi connectivity index (χ0n) is 11.3. The maximum atomic E-state index is 6.35. The first-order valence-electron chi connectivity index (χ1n) is 7.09. The summed E-state index contributed by atoms with van der Waals surface area (Å²) in [6.45, 7) is 4.28. The molecule has 2 atom stereocenters. The lowest BCUT2D eigenvalue weighted by molar-refractivity contribution is 0.105. The van der Waals surface area contributed by atoms with E-state index in [-0.39, 0.29) is 0 Å². The molecule has 18 heavy (non-hydrogen) atoms. The number of aryl methyl sites for hydroxylation is 2. The molecule has 1 aromatic rings. The van der Waals surface area contributed by atoms with E-state index in [1.54, 1.807) is 4.68 Å². The molecular weight excluding hydrogens is 246 g/mol. The third kappa shape index (κ3) is 2.08. The van der Waals surface area contributed by atoms with Gasteiger partial charge in [-0.2, -0.15) is 5.10 Å². The van der Waals surface area contributed by atoms with Crippen LogP contribution in [0.25, 0.3) is 0 Å². The first-order chi connectivity index (χ1) is 8.66. The number of hydrogen-bond acceptors (Lipinski definition) is 2. The molecule has 1 aliphatic carbocycles. The van der Waals surface area contributed by atoms with E-state index in [2.05, 4.69) is 16.9 Å². The molecule has 0 bridgehead atoms. The van der Waals surface area contributed by atoms with Gasteiger partial charge in [-0.15, -0.1) is 0 Å². The van der Waals surface area contributed by atoms with Crippen molar-refractivity contribution in [3.63, 3.8) is 0 Å². The molecule has 4 heteroatoms. The Balaban J connectivity index is 1.79. The minimum atomic E-state index is 0.800. The zero-order chi connectivity index (χ0) is 12.7. The monoisotopic (exact) mass is 267 g/mol. The van der Waals surface area contributed by atoms with Gasteiger partial charge >= 0.3 is 0 Å². The number of halogens is 1. The van der Waals surface area contributed by atoms with Gasteiger partial charge in [0, 0.05) is 25.2 Å². The van der Waals surface area contributed by atoms with Crippen LogP contribution in [0.4, 0.5) is 0 Å². The molecule has 1 saturated heterocycles. The summed E-state index contributed by atoms with van der Waals surface area (Å²) < 4.78 is 1.79. The topological polar surface area (TPSA) is 21.1 Å². The highest BCUT2D eigenvalue weighted by Crippen LogP contribution is 2.38. The van der Waals surface area contributed by atoms with Crippen molar-refractivity contribution in [1.82, 2.24) is 14.7 Å². The normalized spacial score (nSPS) is 28.6. The third-order valence-electron chi connectivity index (χ3n) is 4.74. The molecule has 100 valence electrons. The van der Waals surface area contributed by atoms with Gasteiger partial charge in [0.2, 0.25) is 0 Å². The van der Waals surface area contributed by atoms with Crippen LogP contribution in [-0.2, 0) is 13.6 Å². The summed E-state index contributed by atoms with van der Waals surface area (Å²) in [4.78, 5) is 2.65. The Hall–Kier alpha value is -0.540. The quantitative estimate of drug-likeness (QED) is 0.821. The first-order valence-corrected chi connectivity index (χ1v) is 7.46. The van der Waals surface area contributed by atoms with Crippen LogP contribution in [0.1, 0.15) is 43.4 Å². The number of piperidine rings is 1. The Morgan fingerprint density at radius 1 is 1.28 bits per heavy atom. The van der Waals surface area contributed by atoms with Crippen molar-refractivity contribution in [2.75, 3.05) is 6.54 Å². The van der Waals surface area contributed by atoms with Crippen molar-refractivity contribution in [2.45, 2.75) is 51.6 Å². The number of nitrogens with zero attached hydrogens (tertiary/aromatic N) is 3. The van der Waals surface area contributed by atoms with Gasteiger partial charge in [0.1, 0.15) is 5.15 Å². The maximum absolute atomic E-state index is 6.35. The molecule has 2 aliphatic rings. The Morgan fingerprint density at radius 2 is 2.06 bits per heavy atom. The minimum absolute atomic E-state index is 0.800. The fraction of sp³-hybridized carbons (Fsp3) is 0.786. The summed E-state index contributed by atoms with van der Waals surface area (Å²) in [5.41, 5.74) is 2.31. The highest BCUT2D eigenvalue weighted by molar-refractivity contribution is 6.30. The largest absolute Gasteiger partial charge is 0.296 e. The summed E-state index contributed by atoms with van der Waals surface area (Å²) in [7, 11) is 1.92. The second-order valence-electron chi connectivity index (χ2n) is 5.85. The minimum Gasteiger partial charge on any atom is -0.296 e. The average Bonchev–Trinajstić information content (AvgIpc) is 2.91. The molecule has 0 amide bonds. The molecule has 0 N–H and O–H groups in total. The molecule has 3 rings (SSSR count). The lowest BCUT2D eigenvalue weighted by atomic mass is 9.91. The van der Waals surface area contributed by atoms with Crippen LogP contribution in [0.5, 0.6) is 0 Å². The van der Waals surface area contributed by atoms with Gasteiger partial charge in [0.15, 0.2) is 0 Å². The molecule has 1 aromatic heterocycles. The SMILES string of the molecule is Cc1nn(C)c(Cl)c1CN1CCCC2CCCC21. The van der Waals surface area contributed by atoms with E-state index in [9.17, 15) is 0 Å². The number of fused-ring (bicyclic) bond motifs is 1. The number of aromatic nitrogens is 2. The van der Waals surface area contributed by atoms with Crippen molar-refractivity contribution >= 4 is 11.6 Å². The van der Waals surface area contributed by atoms with E-state index >= 15 is 0 Å². The predicted octanol–water partition coefficient (Wildman–Crippen LogP) is 3.15. The van der Waals surface area contributed by atoms with E-state index in [0.717, 1.165) is 29.4 Å². The predicted molar refractivity (Wildman–Crippen MR) is 73.7 cm³/mol. The third-order valence-corrected chi connectivity index (χ3v) is 5.21. The average molecular weight is 268 g/mol.